The Balaban J connectivity index is 1.27. The molecule has 2 aromatic carbocycles. The number of ether oxygens (including phenoxy) is 1. The van der Waals surface area contributed by atoms with Crippen LogP contribution in [-0.4, -0.2) is 111 Å². The van der Waals surface area contributed by atoms with Crippen molar-refractivity contribution >= 4 is 34.6 Å². The van der Waals surface area contributed by atoms with Crippen LogP contribution in [0.2, 0.25) is 0 Å². The van der Waals surface area contributed by atoms with Crippen LogP contribution in [0.4, 0.5) is 0 Å². The second kappa shape index (κ2) is 18.2. The van der Waals surface area contributed by atoms with E-state index in [2.05, 4.69) is 71.9 Å². The average Bonchev–Trinajstić information content (AvgIpc) is 3.83. The van der Waals surface area contributed by atoms with Gasteiger partial charge in [0.15, 0.2) is 0 Å². The summed E-state index contributed by atoms with van der Waals surface area (Å²) in [6.45, 7) is 17.0. The number of phenols is 1. The van der Waals surface area contributed by atoms with E-state index in [0.29, 0.717) is 51.0 Å². The van der Waals surface area contributed by atoms with Crippen LogP contribution in [-0.2, 0) is 43.3 Å². The molecular weight excluding hydrogens is 771 g/mol. The number of hydrazine groups is 1. The summed E-state index contributed by atoms with van der Waals surface area (Å²) in [5.41, 5.74) is 9.24. The van der Waals surface area contributed by atoms with E-state index in [1.807, 2.05) is 44.1 Å². The summed E-state index contributed by atoms with van der Waals surface area (Å²) in [7, 11) is 1.91. The zero-order valence-corrected chi connectivity index (χ0v) is 36.4. The van der Waals surface area contributed by atoms with Gasteiger partial charge in [0.2, 0.25) is 11.8 Å². The minimum Gasteiger partial charge on any atom is -0.508 e. The van der Waals surface area contributed by atoms with Crippen LogP contribution in [0, 0.1) is 17.3 Å². The SMILES string of the molecule is C=CC(=O)N1CC[C@H](CN(C)[C@H](C(=O)N[C@H]2Cc3cc(O)cc(c3)-c3ccc4c(c3)c(c(-c3cccnc3)n4CC)CC(C)(C)COC(=O)[C@@H]3CCCN(N3)C2=O)C(C)C)C1. The quantitative estimate of drug-likeness (QED) is 0.142. The number of aromatic hydroxyl groups is 1. The average molecular weight is 832 g/mol. The largest absolute Gasteiger partial charge is 0.508 e. The normalized spacial score (nSPS) is 21.3. The lowest BCUT2D eigenvalue weighted by Crippen LogP contribution is -2.62. The number of hydrogen-bond donors (Lipinski definition) is 3. The van der Waals surface area contributed by atoms with Crippen LogP contribution in [0.1, 0.15) is 65.0 Å². The first-order chi connectivity index (χ1) is 29.2. The summed E-state index contributed by atoms with van der Waals surface area (Å²) in [6, 6.07) is 13.3. The number of benzene rings is 2. The Morgan fingerprint density at radius 2 is 1.90 bits per heavy atom. The number of carbonyl (C=O) groups is 4. The van der Waals surface area contributed by atoms with E-state index in [1.54, 1.807) is 23.2 Å². The maximum Gasteiger partial charge on any atom is 0.324 e. The molecule has 2 aromatic heterocycles. The Kier molecular flexibility index (Phi) is 13.0. The van der Waals surface area contributed by atoms with Crippen molar-refractivity contribution in [1.29, 1.82) is 0 Å². The van der Waals surface area contributed by atoms with Gasteiger partial charge in [-0.25, -0.2) is 5.43 Å². The number of esters is 1. The molecule has 0 radical (unpaired) electrons. The number of aryl methyl sites for hydroxylation is 1. The predicted molar refractivity (Wildman–Crippen MR) is 236 cm³/mol. The van der Waals surface area contributed by atoms with Gasteiger partial charge in [0.1, 0.15) is 17.8 Å². The standard InChI is InChI=1S/C48H61N7O6/c1-8-42(57)53-19-16-31(28-53)27-52(7)43(30(3)4)45(58)50-40-22-32-20-35(23-36(56)21-32)33-14-15-41-37(24-33)38(44(54(41)9-2)34-12-10-17-49-26-34)25-48(5,6)29-61-47(60)39-13-11-18-55(51-39)46(40)59/h8,10,12,14-15,17,20-21,23-24,26,30-31,39-40,43,51,56H,1,9,11,13,16,18-19,22,25,27-29H2,2-7H3,(H,50,58)/t31-,39+,40+,43+/m1/s1. The number of phenolic OH excluding ortho intramolecular Hbond substituents is 1. The second-order valence-electron chi connectivity index (χ2n) is 18.2. The Bertz CT molecular complexity index is 2290. The molecule has 4 atom stereocenters. The molecule has 61 heavy (non-hydrogen) atoms. The van der Waals surface area contributed by atoms with Crippen LogP contribution in [0.5, 0.6) is 5.75 Å². The number of cyclic esters (lactones) is 1. The number of nitrogens with zero attached hydrogens (tertiary/aromatic N) is 5. The number of nitrogens with one attached hydrogen (secondary N) is 2. The van der Waals surface area contributed by atoms with Gasteiger partial charge in [-0.2, -0.15) is 0 Å². The van der Waals surface area contributed by atoms with Crippen molar-refractivity contribution in [3.63, 3.8) is 0 Å². The Hall–Kier alpha value is -5.53. The topological polar surface area (TPSA) is 149 Å². The van der Waals surface area contributed by atoms with Crippen molar-refractivity contribution in [2.75, 3.05) is 39.8 Å². The lowest BCUT2D eigenvalue weighted by atomic mass is 9.84. The molecule has 7 rings (SSSR count). The summed E-state index contributed by atoms with van der Waals surface area (Å²) in [5.74, 6) is -1.08. The van der Waals surface area contributed by atoms with Crippen molar-refractivity contribution in [1.82, 2.24) is 35.1 Å². The van der Waals surface area contributed by atoms with Crippen molar-refractivity contribution in [2.45, 2.75) is 91.4 Å². The maximum absolute atomic E-state index is 14.6. The number of amides is 3. The van der Waals surface area contributed by atoms with E-state index in [0.717, 1.165) is 51.8 Å². The number of aromatic nitrogens is 2. The van der Waals surface area contributed by atoms with Gasteiger partial charge in [-0.1, -0.05) is 46.4 Å². The molecule has 6 bridgehead atoms. The monoisotopic (exact) mass is 831 g/mol. The zero-order chi connectivity index (χ0) is 43.6. The molecule has 13 heteroatoms. The highest BCUT2D eigenvalue weighted by atomic mass is 16.5. The molecule has 0 aliphatic carbocycles. The van der Waals surface area contributed by atoms with E-state index in [9.17, 15) is 24.3 Å². The Morgan fingerprint density at radius 3 is 2.62 bits per heavy atom. The third-order valence-corrected chi connectivity index (χ3v) is 12.5. The molecule has 0 unspecified atom stereocenters. The predicted octanol–water partition coefficient (Wildman–Crippen LogP) is 5.74. The summed E-state index contributed by atoms with van der Waals surface area (Å²) in [5, 5.41) is 16.9. The zero-order valence-electron chi connectivity index (χ0n) is 36.4. The Labute approximate surface area is 359 Å². The van der Waals surface area contributed by atoms with Gasteiger partial charge < -0.3 is 24.6 Å². The maximum atomic E-state index is 14.6. The molecule has 2 fully saturated rings. The van der Waals surface area contributed by atoms with E-state index < -0.39 is 29.5 Å². The smallest absolute Gasteiger partial charge is 0.324 e. The highest BCUT2D eigenvalue weighted by molar-refractivity contribution is 5.95. The molecule has 324 valence electrons. The van der Waals surface area contributed by atoms with Crippen LogP contribution in [0.15, 0.2) is 73.6 Å². The van der Waals surface area contributed by atoms with Gasteiger partial charge in [-0.05, 0) is 116 Å². The number of rotatable bonds is 9. The molecule has 5 heterocycles. The second-order valence-corrected chi connectivity index (χ2v) is 18.2. The molecule has 3 amide bonds. The first kappa shape index (κ1) is 43.6. The first-order valence-corrected chi connectivity index (χ1v) is 21.7. The van der Waals surface area contributed by atoms with Gasteiger partial charge in [-0.15, -0.1) is 0 Å². The highest BCUT2D eigenvalue weighted by Crippen LogP contribution is 2.40. The van der Waals surface area contributed by atoms with Crippen LogP contribution in [0.3, 0.4) is 0 Å². The molecule has 0 spiro atoms. The molecule has 3 N–H and O–H groups in total. The minimum absolute atomic E-state index is 0.0438. The van der Waals surface area contributed by atoms with Crippen molar-refractivity contribution in [3.8, 4) is 28.1 Å². The fourth-order valence-corrected chi connectivity index (χ4v) is 9.64. The Morgan fingerprint density at radius 1 is 1.10 bits per heavy atom. The third-order valence-electron chi connectivity index (χ3n) is 12.5. The number of fused-ring (bicyclic) bond motifs is 6. The fourth-order valence-electron chi connectivity index (χ4n) is 9.64. The summed E-state index contributed by atoms with van der Waals surface area (Å²) in [6.07, 6.45) is 7.56. The highest BCUT2D eigenvalue weighted by Gasteiger charge is 2.38. The lowest BCUT2D eigenvalue weighted by Gasteiger charge is -2.37. The summed E-state index contributed by atoms with van der Waals surface area (Å²) in [4.78, 5) is 63.4. The number of pyridine rings is 1. The van der Waals surface area contributed by atoms with Crippen molar-refractivity contribution < 1.29 is 29.0 Å². The summed E-state index contributed by atoms with van der Waals surface area (Å²) >= 11 is 0. The summed E-state index contributed by atoms with van der Waals surface area (Å²) < 4.78 is 8.37. The van der Waals surface area contributed by atoms with Crippen molar-refractivity contribution in [3.05, 3.63) is 84.7 Å². The van der Waals surface area contributed by atoms with Gasteiger partial charge in [0.25, 0.3) is 5.91 Å². The number of carbonyl (C=O) groups excluding carboxylic acids is 4. The van der Waals surface area contributed by atoms with Gasteiger partial charge in [0.05, 0.1) is 18.3 Å². The van der Waals surface area contributed by atoms with E-state index >= 15 is 0 Å². The van der Waals surface area contributed by atoms with Crippen molar-refractivity contribution in [2.24, 2.45) is 17.3 Å². The molecule has 3 aliphatic rings. The lowest BCUT2D eigenvalue weighted by molar-refractivity contribution is -0.155. The van der Waals surface area contributed by atoms with Gasteiger partial charge in [-0.3, -0.25) is 34.1 Å². The molecule has 13 nitrogen and oxygen atoms in total. The molecular formula is C48H61N7O6. The number of likely N-dealkylation sites (N-methyl/N-ethyl adjacent to an activating group) is 1. The molecule has 3 aliphatic heterocycles. The van der Waals surface area contributed by atoms with Gasteiger partial charge in [0, 0.05) is 73.4 Å². The molecule has 4 aromatic rings. The van der Waals surface area contributed by atoms with Gasteiger partial charge >= 0.3 is 5.97 Å². The fraction of sp³-hybridized carbons (Fsp3) is 0.479. The first-order valence-electron chi connectivity index (χ1n) is 21.7. The van der Waals surface area contributed by atoms with Crippen LogP contribution in [0.25, 0.3) is 33.3 Å². The van der Waals surface area contributed by atoms with E-state index in [4.69, 9.17) is 4.74 Å². The van der Waals surface area contributed by atoms with Crippen LogP contribution >= 0.6 is 0 Å². The number of hydrogen-bond acceptors (Lipinski definition) is 9. The minimum atomic E-state index is -1.03. The molecule has 0 saturated carbocycles. The molecule has 2 saturated heterocycles. The number of likely N-dealkylation sites (tertiary alicyclic amines) is 1. The van der Waals surface area contributed by atoms with E-state index in [1.165, 1.54) is 11.1 Å². The van der Waals surface area contributed by atoms with Crippen LogP contribution < -0.4 is 10.7 Å². The van der Waals surface area contributed by atoms with E-state index in [-0.39, 0.29) is 48.3 Å². The third kappa shape index (κ3) is 9.53.